The van der Waals surface area contributed by atoms with Crippen molar-refractivity contribution in [2.24, 2.45) is 0 Å². The van der Waals surface area contributed by atoms with E-state index < -0.39 is 0 Å². The Morgan fingerprint density at radius 1 is 1.75 bits per heavy atom. The second-order valence-corrected chi connectivity index (χ2v) is 1.42. The zero-order valence-corrected chi connectivity index (χ0v) is 6.29. The molecule has 0 bridgehead atoms. The first kappa shape index (κ1) is 10.8. The first-order valence-electron chi connectivity index (χ1n) is 1.97. The molecule has 0 aromatic rings. The van der Waals surface area contributed by atoms with Gasteiger partial charge in [0.1, 0.15) is 5.78 Å². The van der Waals surface area contributed by atoms with Crippen molar-refractivity contribution in [3.63, 3.8) is 0 Å². The molecule has 0 saturated heterocycles. The largest absolute Gasteiger partial charge is 0.876 e. The van der Waals surface area contributed by atoms with Gasteiger partial charge >= 0.3 is 0 Å². The van der Waals surface area contributed by atoms with Crippen molar-refractivity contribution in [3.05, 3.63) is 12.3 Å². The fourth-order valence-corrected chi connectivity index (χ4v) is 0.278. The molecule has 3 heteroatoms. The van der Waals surface area contributed by atoms with Crippen LogP contribution in [0.5, 0.6) is 0 Å². The third-order valence-electron chi connectivity index (χ3n) is 0.446. The van der Waals surface area contributed by atoms with E-state index >= 15 is 0 Å². The number of rotatable bonds is 2. The molecule has 0 aliphatic heterocycles. The molecule has 0 amide bonds. The summed E-state index contributed by atoms with van der Waals surface area (Å²) in [5.41, 5.74) is 0. The summed E-state index contributed by atoms with van der Waals surface area (Å²) in [6.45, 7) is 4.38. The van der Waals surface area contributed by atoms with Gasteiger partial charge in [-0.1, -0.05) is 0 Å². The first-order chi connectivity index (χ1) is 3.13. The fraction of sp³-hybridized carbons (Fsp3) is 0.400. The summed E-state index contributed by atoms with van der Waals surface area (Å²) < 4.78 is 0. The summed E-state index contributed by atoms with van der Waals surface area (Å²) in [4.78, 5) is 9.99. The maximum Gasteiger partial charge on any atom is 0.132 e. The molecule has 0 N–H and O–H groups in total. The molecule has 0 atom stereocenters. The Morgan fingerprint density at radius 2 is 2.12 bits per heavy atom. The number of carbonyl (C=O) groups is 1. The summed E-state index contributed by atoms with van der Waals surface area (Å²) in [7, 11) is 0. The van der Waals surface area contributed by atoms with Crippen LogP contribution in [0, 0.1) is 0 Å². The zero-order valence-electron chi connectivity index (χ0n) is 4.73. The van der Waals surface area contributed by atoms with E-state index in [-0.39, 0.29) is 39.7 Å². The molecular formula is C5H7O2Ti-. The van der Waals surface area contributed by atoms with Gasteiger partial charge in [-0.2, -0.15) is 0 Å². The minimum atomic E-state index is -0.312. The molecule has 0 saturated carbocycles. The average Bonchev–Trinajstić information content (AvgIpc) is 1.27. The molecule has 0 spiro atoms. The maximum absolute atomic E-state index is 9.99. The molecule has 0 aromatic heterocycles. The molecule has 0 rings (SSSR count). The van der Waals surface area contributed by atoms with Gasteiger partial charge in [-0.15, -0.1) is 12.3 Å². The van der Waals surface area contributed by atoms with Gasteiger partial charge in [0.15, 0.2) is 0 Å². The van der Waals surface area contributed by atoms with Gasteiger partial charge in [-0.05, 0) is 6.92 Å². The van der Waals surface area contributed by atoms with Gasteiger partial charge in [0.25, 0.3) is 0 Å². The normalized spacial score (nSPS) is 7.12. The molecule has 44 valence electrons. The van der Waals surface area contributed by atoms with Gasteiger partial charge in [0.2, 0.25) is 0 Å². The second-order valence-electron chi connectivity index (χ2n) is 1.42. The summed E-state index contributed by atoms with van der Waals surface area (Å²) in [5.74, 6) is -0.437. The number of hydrogen-bond acceptors (Lipinski definition) is 2. The summed E-state index contributed by atoms with van der Waals surface area (Å²) in [5, 5.41) is 9.92. The van der Waals surface area contributed by atoms with Crippen LogP contribution in [0.2, 0.25) is 0 Å². The standard InChI is InChI=1S/C5H8O2.Ti/c1-4(6)3-5(2)7;/h6H,1,3H2,2H3;/p-1. The summed E-state index contributed by atoms with van der Waals surface area (Å²) in [6.07, 6.45) is -0.0278. The molecular weight excluding hydrogens is 140 g/mol. The number of hydrogen-bond donors (Lipinski definition) is 0. The summed E-state index contributed by atoms with van der Waals surface area (Å²) >= 11 is 0. The minimum Gasteiger partial charge on any atom is -0.876 e. The topological polar surface area (TPSA) is 40.1 Å². The Kier molecular flexibility index (Phi) is 6.86. The maximum atomic E-state index is 9.99. The van der Waals surface area contributed by atoms with Crippen molar-refractivity contribution in [2.45, 2.75) is 13.3 Å². The van der Waals surface area contributed by atoms with Crippen LogP contribution in [-0.2, 0) is 26.5 Å². The molecule has 0 radical (unpaired) electrons. The van der Waals surface area contributed by atoms with Gasteiger partial charge in [0.05, 0.1) is 0 Å². The van der Waals surface area contributed by atoms with Crippen LogP contribution < -0.4 is 5.11 Å². The number of allylic oxidation sites excluding steroid dienone is 1. The van der Waals surface area contributed by atoms with Crippen molar-refractivity contribution >= 4 is 5.78 Å². The molecule has 0 unspecified atom stereocenters. The van der Waals surface area contributed by atoms with E-state index in [0.29, 0.717) is 0 Å². The van der Waals surface area contributed by atoms with E-state index in [9.17, 15) is 9.90 Å². The van der Waals surface area contributed by atoms with Crippen LogP contribution in [0.1, 0.15) is 13.3 Å². The number of carbonyl (C=O) groups excluding carboxylic acids is 1. The van der Waals surface area contributed by atoms with Crippen LogP contribution in [0.3, 0.4) is 0 Å². The number of Topliss-reactive ketones (excluding diaryl/α,β-unsaturated/α-hetero) is 1. The smallest absolute Gasteiger partial charge is 0.132 e. The third-order valence-corrected chi connectivity index (χ3v) is 0.446. The fourth-order valence-electron chi connectivity index (χ4n) is 0.278. The van der Waals surface area contributed by atoms with Crippen LogP contribution in [0.15, 0.2) is 12.3 Å². The van der Waals surface area contributed by atoms with E-state index in [2.05, 4.69) is 6.58 Å². The minimum absolute atomic E-state index is 0. The molecule has 0 heterocycles. The van der Waals surface area contributed by atoms with E-state index in [1.165, 1.54) is 6.92 Å². The average molecular weight is 147 g/mol. The van der Waals surface area contributed by atoms with Gasteiger partial charge in [0, 0.05) is 28.1 Å². The van der Waals surface area contributed by atoms with Crippen LogP contribution in [0.4, 0.5) is 0 Å². The SMILES string of the molecule is C=C([O-])CC(C)=O.[Ti]. The van der Waals surface area contributed by atoms with E-state index in [0.717, 1.165) is 0 Å². The zero-order chi connectivity index (χ0) is 5.86. The van der Waals surface area contributed by atoms with Crippen LogP contribution >= 0.6 is 0 Å². The van der Waals surface area contributed by atoms with Gasteiger partial charge in [-0.25, -0.2) is 0 Å². The second kappa shape index (κ2) is 5.07. The van der Waals surface area contributed by atoms with Gasteiger partial charge < -0.3 is 5.11 Å². The third kappa shape index (κ3) is 9.33. The molecule has 0 aromatic carbocycles. The quantitative estimate of drug-likeness (QED) is 0.402. The molecule has 0 aliphatic carbocycles. The molecule has 8 heavy (non-hydrogen) atoms. The Balaban J connectivity index is 0. The molecule has 2 nitrogen and oxygen atoms in total. The van der Waals surface area contributed by atoms with Gasteiger partial charge in [-0.3, -0.25) is 4.79 Å². The summed E-state index contributed by atoms with van der Waals surface area (Å²) in [6, 6.07) is 0. The van der Waals surface area contributed by atoms with Crippen molar-refractivity contribution in [1.82, 2.24) is 0 Å². The Morgan fingerprint density at radius 3 is 2.12 bits per heavy atom. The molecule has 0 fully saturated rings. The van der Waals surface area contributed by atoms with E-state index in [1.54, 1.807) is 0 Å². The van der Waals surface area contributed by atoms with Crippen molar-refractivity contribution < 1.29 is 31.6 Å². The van der Waals surface area contributed by atoms with Crippen molar-refractivity contribution in [2.75, 3.05) is 0 Å². The van der Waals surface area contributed by atoms with Crippen molar-refractivity contribution in [3.8, 4) is 0 Å². The Labute approximate surface area is 63.5 Å². The first-order valence-corrected chi connectivity index (χ1v) is 1.97. The Bertz CT molecular complexity index is 86.6. The van der Waals surface area contributed by atoms with Crippen LogP contribution in [0.25, 0.3) is 0 Å². The number of ketones is 1. The monoisotopic (exact) mass is 147 g/mol. The van der Waals surface area contributed by atoms with E-state index in [4.69, 9.17) is 0 Å². The van der Waals surface area contributed by atoms with Crippen molar-refractivity contribution in [1.29, 1.82) is 0 Å². The Hall–Kier alpha value is -0.0757. The van der Waals surface area contributed by atoms with Crippen LogP contribution in [-0.4, -0.2) is 5.78 Å². The predicted octanol–water partition coefficient (Wildman–Crippen LogP) is -0.163. The van der Waals surface area contributed by atoms with E-state index in [1.807, 2.05) is 0 Å². The predicted molar refractivity (Wildman–Crippen MR) is 24.4 cm³/mol. The molecule has 0 aliphatic rings.